The summed E-state index contributed by atoms with van der Waals surface area (Å²) in [6.45, 7) is 6.04. The average Bonchev–Trinajstić information content (AvgIpc) is 2.51. The zero-order valence-electron chi connectivity index (χ0n) is 13.3. The minimum absolute atomic E-state index is 0.0283. The van der Waals surface area contributed by atoms with Crippen molar-refractivity contribution in [2.45, 2.75) is 38.7 Å². The first-order valence-electron chi connectivity index (χ1n) is 7.13. The van der Waals surface area contributed by atoms with Crippen LogP contribution in [0, 0.1) is 0 Å². The van der Waals surface area contributed by atoms with E-state index in [1.807, 2.05) is 13.0 Å². The van der Waals surface area contributed by atoms with Crippen molar-refractivity contribution in [2.75, 3.05) is 13.7 Å². The largest absolute Gasteiger partial charge is 0.419 e. The van der Waals surface area contributed by atoms with Crippen molar-refractivity contribution in [3.8, 4) is 0 Å². The molecule has 0 amide bonds. The van der Waals surface area contributed by atoms with Crippen LogP contribution in [0.1, 0.15) is 31.2 Å². The van der Waals surface area contributed by atoms with Crippen molar-refractivity contribution in [2.24, 2.45) is 0 Å². The first kappa shape index (κ1) is 19.3. The van der Waals surface area contributed by atoms with Crippen LogP contribution < -0.4 is 0 Å². The summed E-state index contributed by atoms with van der Waals surface area (Å²) in [6, 6.07) is 0. The van der Waals surface area contributed by atoms with Crippen LogP contribution in [0.2, 0.25) is 0 Å². The SMILES string of the molecule is C=CC(CC/C=C(/C)COCc1ncc(C(F)(F)F)cn1)OC. The first-order valence-corrected chi connectivity index (χ1v) is 7.13. The third kappa shape index (κ3) is 7.38. The Morgan fingerprint density at radius 1 is 1.35 bits per heavy atom. The van der Waals surface area contributed by atoms with E-state index < -0.39 is 11.7 Å². The van der Waals surface area contributed by atoms with Crippen molar-refractivity contribution in [1.29, 1.82) is 0 Å². The fourth-order valence-corrected chi connectivity index (χ4v) is 1.76. The Labute approximate surface area is 134 Å². The van der Waals surface area contributed by atoms with Gasteiger partial charge >= 0.3 is 6.18 Å². The van der Waals surface area contributed by atoms with Gasteiger partial charge in [-0.05, 0) is 19.8 Å². The standard InChI is InChI=1S/C16H21F3N2O2/c1-4-14(22-3)7-5-6-12(2)10-23-11-15-20-8-13(9-21-15)16(17,18)19/h4,6,8-9,14H,1,5,7,10-11H2,2-3H3/b12-6-. The van der Waals surface area contributed by atoms with Gasteiger partial charge < -0.3 is 9.47 Å². The molecule has 7 heteroatoms. The normalized spacial score (nSPS) is 13.9. The maximum atomic E-state index is 12.4. The lowest BCUT2D eigenvalue weighted by Gasteiger charge is -2.09. The maximum absolute atomic E-state index is 12.4. The van der Waals surface area contributed by atoms with Gasteiger partial charge in [-0.15, -0.1) is 6.58 Å². The van der Waals surface area contributed by atoms with Gasteiger partial charge in [0.2, 0.25) is 0 Å². The van der Waals surface area contributed by atoms with Gasteiger partial charge in [0, 0.05) is 19.5 Å². The highest BCUT2D eigenvalue weighted by molar-refractivity contribution is 5.09. The molecule has 0 saturated carbocycles. The van der Waals surface area contributed by atoms with E-state index in [2.05, 4.69) is 16.5 Å². The van der Waals surface area contributed by atoms with Gasteiger partial charge in [-0.2, -0.15) is 13.2 Å². The van der Waals surface area contributed by atoms with E-state index in [1.165, 1.54) is 0 Å². The number of halogens is 3. The monoisotopic (exact) mass is 330 g/mol. The van der Waals surface area contributed by atoms with E-state index in [0.717, 1.165) is 30.8 Å². The van der Waals surface area contributed by atoms with Crippen molar-refractivity contribution >= 4 is 0 Å². The second-order valence-electron chi connectivity index (χ2n) is 5.02. The first-order chi connectivity index (χ1) is 10.9. The van der Waals surface area contributed by atoms with E-state index >= 15 is 0 Å². The molecule has 0 saturated heterocycles. The maximum Gasteiger partial charge on any atom is 0.419 e. The lowest BCUT2D eigenvalue weighted by molar-refractivity contribution is -0.138. The molecule has 1 atom stereocenters. The minimum atomic E-state index is -4.43. The number of hydrogen-bond donors (Lipinski definition) is 0. The van der Waals surface area contributed by atoms with E-state index in [4.69, 9.17) is 9.47 Å². The van der Waals surface area contributed by atoms with Crippen LogP contribution in [0.25, 0.3) is 0 Å². The lowest BCUT2D eigenvalue weighted by atomic mass is 10.1. The molecule has 0 spiro atoms. The van der Waals surface area contributed by atoms with Crippen LogP contribution >= 0.6 is 0 Å². The fourth-order valence-electron chi connectivity index (χ4n) is 1.76. The number of ether oxygens (including phenoxy) is 2. The summed E-state index contributed by atoms with van der Waals surface area (Å²) < 4.78 is 47.7. The van der Waals surface area contributed by atoms with Gasteiger partial charge in [0.05, 0.1) is 18.3 Å². The Kier molecular flexibility index (Phi) is 7.91. The van der Waals surface area contributed by atoms with Gasteiger partial charge in [-0.25, -0.2) is 9.97 Å². The summed E-state index contributed by atoms with van der Waals surface area (Å²) in [5.74, 6) is 0.219. The zero-order chi connectivity index (χ0) is 17.3. The molecular weight excluding hydrogens is 309 g/mol. The lowest BCUT2D eigenvalue weighted by Crippen LogP contribution is -2.08. The Morgan fingerprint density at radius 3 is 2.52 bits per heavy atom. The van der Waals surface area contributed by atoms with E-state index in [0.29, 0.717) is 6.61 Å². The number of hydrogen-bond acceptors (Lipinski definition) is 4. The third-order valence-electron chi connectivity index (χ3n) is 3.10. The molecule has 0 aliphatic carbocycles. The summed E-state index contributed by atoms with van der Waals surface area (Å²) in [5.41, 5.74) is 0.156. The molecule has 0 bridgehead atoms. The highest BCUT2D eigenvalue weighted by Crippen LogP contribution is 2.27. The van der Waals surface area contributed by atoms with Crippen LogP contribution in [-0.4, -0.2) is 29.8 Å². The Morgan fingerprint density at radius 2 is 2.00 bits per heavy atom. The molecule has 0 radical (unpaired) electrons. The summed E-state index contributed by atoms with van der Waals surface area (Å²) in [4.78, 5) is 7.29. The smallest absolute Gasteiger partial charge is 0.377 e. The Bertz CT molecular complexity index is 513. The molecule has 0 fully saturated rings. The van der Waals surface area contributed by atoms with Crippen molar-refractivity contribution < 1.29 is 22.6 Å². The Hall–Kier alpha value is -1.73. The molecule has 1 heterocycles. The quantitative estimate of drug-likeness (QED) is 0.643. The van der Waals surface area contributed by atoms with Crippen molar-refractivity contribution in [3.63, 3.8) is 0 Å². The van der Waals surface area contributed by atoms with Gasteiger partial charge in [0.25, 0.3) is 0 Å². The predicted molar refractivity (Wildman–Crippen MR) is 80.7 cm³/mol. The molecule has 0 aliphatic rings. The molecule has 0 aromatic carbocycles. The predicted octanol–water partition coefficient (Wildman–Crippen LogP) is 3.94. The van der Waals surface area contributed by atoms with Crippen LogP contribution in [0.4, 0.5) is 13.2 Å². The third-order valence-corrected chi connectivity index (χ3v) is 3.10. The topological polar surface area (TPSA) is 44.2 Å². The second-order valence-corrected chi connectivity index (χ2v) is 5.02. The molecule has 1 aromatic heterocycles. The van der Waals surface area contributed by atoms with Crippen LogP contribution in [-0.2, 0) is 22.3 Å². The molecule has 128 valence electrons. The Balaban J connectivity index is 2.34. The van der Waals surface area contributed by atoms with Crippen LogP contribution in [0.15, 0.2) is 36.7 Å². The van der Waals surface area contributed by atoms with E-state index in [1.54, 1.807) is 13.2 Å². The summed E-state index contributed by atoms with van der Waals surface area (Å²) in [6.07, 6.45) is 2.56. The second kappa shape index (κ2) is 9.42. The molecule has 1 rings (SSSR count). The number of rotatable bonds is 9. The van der Waals surface area contributed by atoms with Gasteiger partial charge in [-0.3, -0.25) is 0 Å². The molecule has 1 unspecified atom stereocenters. The van der Waals surface area contributed by atoms with Gasteiger partial charge in [0.15, 0.2) is 5.82 Å². The number of allylic oxidation sites excluding steroid dienone is 1. The van der Waals surface area contributed by atoms with Crippen LogP contribution in [0.5, 0.6) is 0 Å². The molecule has 1 aromatic rings. The number of alkyl halides is 3. The summed E-state index contributed by atoms with van der Waals surface area (Å²) in [7, 11) is 1.64. The minimum Gasteiger partial charge on any atom is -0.377 e. The summed E-state index contributed by atoms with van der Waals surface area (Å²) in [5, 5.41) is 0. The molecule has 0 N–H and O–H groups in total. The number of methoxy groups -OCH3 is 1. The van der Waals surface area contributed by atoms with E-state index in [9.17, 15) is 13.2 Å². The zero-order valence-corrected chi connectivity index (χ0v) is 13.3. The van der Waals surface area contributed by atoms with E-state index in [-0.39, 0.29) is 18.5 Å². The molecule has 0 aliphatic heterocycles. The van der Waals surface area contributed by atoms with Crippen LogP contribution in [0.3, 0.4) is 0 Å². The molecule has 23 heavy (non-hydrogen) atoms. The average molecular weight is 330 g/mol. The highest BCUT2D eigenvalue weighted by Gasteiger charge is 2.31. The van der Waals surface area contributed by atoms with Gasteiger partial charge in [-0.1, -0.05) is 17.7 Å². The molecule has 4 nitrogen and oxygen atoms in total. The number of aromatic nitrogens is 2. The fraction of sp³-hybridized carbons (Fsp3) is 0.500. The molecular formula is C16H21F3N2O2. The summed E-state index contributed by atoms with van der Waals surface area (Å²) >= 11 is 0. The number of nitrogens with zero attached hydrogens (tertiary/aromatic N) is 2. The van der Waals surface area contributed by atoms with Crippen molar-refractivity contribution in [3.05, 3.63) is 48.1 Å². The van der Waals surface area contributed by atoms with Gasteiger partial charge in [0.1, 0.15) is 6.61 Å². The highest BCUT2D eigenvalue weighted by atomic mass is 19.4. The van der Waals surface area contributed by atoms with Crippen molar-refractivity contribution in [1.82, 2.24) is 9.97 Å².